The molecule has 1 fully saturated rings. The number of carbonyl (C=O) groups is 1. The molecule has 0 bridgehead atoms. The van der Waals surface area contributed by atoms with Crippen molar-refractivity contribution in [2.24, 2.45) is 0 Å². The third-order valence-corrected chi connectivity index (χ3v) is 5.04. The molecule has 1 saturated heterocycles. The monoisotopic (exact) mass is 256 g/mol. The van der Waals surface area contributed by atoms with Crippen LogP contribution in [0.1, 0.15) is 21.5 Å². The highest BCUT2D eigenvalue weighted by atomic mass is 32.2. The van der Waals surface area contributed by atoms with Crippen LogP contribution in [0.2, 0.25) is 0 Å². The lowest BCUT2D eigenvalue weighted by Crippen LogP contribution is -2.44. The van der Waals surface area contributed by atoms with Crippen LogP contribution in [0.25, 0.3) is 0 Å². The summed E-state index contributed by atoms with van der Waals surface area (Å²) in [5.74, 6) is 2.21. The summed E-state index contributed by atoms with van der Waals surface area (Å²) < 4.78 is 0. The van der Waals surface area contributed by atoms with Crippen LogP contribution in [0.4, 0.5) is 5.69 Å². The molecule has 2 rings (SSSR count). The molecule has 0 aliphatic carbocycles. The smallest absolute Gasteiger partial charge is 0.264 e. The maximum absolute atomic E-state index is 12.2. The van der Waals surface area contributed by atoms with Crippen LogP contribution in [0.5, 0.6) is 0 Å². The second kappa shape index (κ2) is 4.67. The Labute approximate surface area is 104 Å². The molecule has 3 nitrogen and oxygen atoms in total. The van der Waals surface area contributed by atoms with Crippen molar-refractivity contribution in [3.63, 3.8) is 0 Å². The molecule has 1 aromatic rings. The van der Waals surface area contributed by atoms with Gasteiger partial charge in [-0.15, -0.1) is 11.3 Å². The number of nitrogens with zero attached hydrogens (tertiary/aromatic N) is 1. The zero-order valence-corrected chi connectivity index (χ0v) is 11.2. The molecule has 88 valence electrons. The van der Waals surface area contributed by atoms with Gasteiger partial charge in [-0.05, 0) is 19.9 Å². The van der Waals surface area contributed by atoms with Gasteiger partial charge < -0.3 is 10.6 Å². The highest BCUT2D eigenvalue weighted by Gasteiger charge is 2.25. The largest absolute Gasteiger partial charge is 0.398 e. The minimum atomic E-state index is 0.137. The maximum Gasteiger partial charge on any atom is 0.264 e. The van der Waals surface area contributed by atoms with Crippen molar-refractivity contribution in [2.75, 3.05) is 23.8 Å². The molecule has 0 radical (unpaired) electrons. The normalized spacial score (nSPS) is 21.1. The van der Waals surface area contributed by atoms with E-state index in [0.717, 1.165) is 33.5 Å². The van der Waals surface area contributed by atoms with Gasteiger partial charge in [0.2, 0.25) is 0 Å². The number of hydrogen-bond donors (Lipinski definition) is 1. The van der Waals surface area contributed by atoms with Crippen LogP contribution >= 0.6 is 23.1 Å². The van der Waals surface area contributed by atoms with Crippen LogP contribution in [0.15, 0.2) is 6.07 Å². The van der Waals surface area contributed by atoms with Crippen molar-refractivity contribution in [3.8, 4) is 0 Å². The topological polar surface area (TPSA) is 46.3 Å². The van der Waals surface area contributed by atoms with E-state index in [1.807, 2.05) is 23.6 Å². The van der Waals surface area contributed by atoms with Gasteiger partial charge in [0.15, 0.2) is 0 Å². The molecule has 5 heteroatoms. The zero-order chi connectivity index (χ0) is 11.7. The van der Waals surface area contributed by atoms with Crippen molar-refractivity contribution in [1.82, 2.24) is 4.90 Å². The first kappa shape index (κ1) is 11.8. The van der Waals surface area contributed by atoms with Gasteiger partial charge in [0.05, 0.1) is 4.88 Å². The van der Waals surface area contributed by atoms with E-state index < -0.39 is 0 Å². The number of anilines is 1. The van der Waals surface area contributed by atoms with Crippen LogP contribution < -0.4 is 5.73 Å². The summed E-state index contributed by atoms with van der Waals surface area (Å²) in [6, 6.07) is 2.13. The van der Waals surface area contributed by atoms with Gasteiger partial charge in [-0.2, -0.15) is 11.8 Å². The Morgan fingerprint density at radius 3 is 2.94 bits per heavy atom. The standard InChI is InChI=1S/C11H16N2OS2/c1-7-6-15-4-3-13(7)11(14)10-5-9(12)8(2)16-10/h5,7H,3-4,6,12H2,1-2H3. The Balaban J connectivity index is 2.17. The Kier molecular flexibility index (Phi) is 3.44. The number of rotatable bonds is 1. The highest BCUT2D eigenvalue weighted by Crippen LogP contribution is 2.26. The van der Waals surface area contributed by atoms with E-state index in [0.29, 0.717) is 6.04 Å². The summed E-state index contributed by atoms with van der Waals surface area (Å²) in [6.45, 7) is 4.90. The fourth-order valence-electron chi connectivity index (χ4n) is 1.77. The first-order chi connectivity index (χ1) is 7.59. The van der Waals surface area contributed by atoms with E-state index in [1.54, 1.807) is 6.07 Å². The molecule has 1 aliphatic heterocycles. The molecule has 1 aliphatic rings. The average Bonchev–Trinajstić information content (AvgIpc) is 2.59. The molecular weight excluding hydrogens is 240 g/mol. The van der Waals surface area contributed by atoms with E-state index in [-0.39, 0.29) is 5.91 Å². The fourth-order valence-corrected chi connectivity index (χ4v) is 3.68. The number of hydrogen-bond acceptors (Lipinski definition) is 4. The van der Waals surface area contributed by atoms with Gasteiger partial charge in [0.25, 0.3) is 5.91 Å². The van der Waals surface area contributed by atoms with Crippen LogP contribution in [0.3, 0.4) is 0 Å². The van der Waals surface area contributed by atoms with Crippen LogP contribution in [0, 0.1) is 6.92 Å². The molecule has 1 aromatic heterocycles. The van der Waals surface area contributed by atoms with Crippen molar-refractivity contribution in [2.45, 2.75) is 19.9 Å². The van der Waals surface area contributed by atoms with Crippen molar-refractivity contribution < 1.29 is 4.79 Å². The first-order valence-corrected chi connectivity index (χ1v) is 7.31. The molecule has 2 N–H and O–H groups in total. The molecular formula is C11H16N2OS2. The predicted molar refractivity (Wildman–Crippen MR) is 71.3 cm³/mol. The minimum Gasteiger partial charge on any atom is -0.398 e. The van der Waals surface area contributed by atoms with E-state index >= 15 is 0 Å². The number of carbonyl (C=O) groups excluding carboxylic acids is 1. The second-order valence-corrected chi connectivity index (χ2v) is 6.45. The summed E-state index contributed by atoms with van der Waals surface area (Å²) in [6.07, 6.45) is 0. The van der Waals surface area contributed by atoms with Gasteiger partial charge in [-0.3, -0.25) is 4.79 Å². The zero-order valence-electron chi connectivity index (χ0n) is 9.53. The average molecular weight is 256 g/mol. The SMILES string of the molecule is Cc1sc(C(=O)N2CCSCC2C)cc1N. The molecule has 0 aromatic carbocycles. The molecule has 1 amide bonds. The Morgan fingerprint density at radius 2 is 2.38 bits per heavy atom. The Hall–Kier alpha value is -0.680. The van der Waals surface area contributed by atoms with Gasteiger partial charge in [-0.25, -0.2) is 0 Å². The summed E-state index contributed by atoms with van der Waals surface area (Å²) >= 11 is 3.41. The van der Waals surface area contributed by atoms with E-state index in [4.69, 9.17) is 5.73 Å². The molecule has 0 saturated carbocycles. The molecule has 16 heavy (non-hydrogen) atoms. The lowest BCUT2D eigenvalue weighted by Gasteiger charge is -2.32. The third kappa shape index (κ3) is 2.20. The fraction of sp³-hybridized carbons (Fsp3) is 0.545. The number of aryl methyl sites for hydroxylation is 1. The van der Waals surface area contributed by atoms with Gasteiger partial charge in [0.1, 0.15) is 0 Å². The number of thioether (sulfide) groups is 1. The van der Waals surface area contributed by atoms with Gasteiger partial charge in [-0.1, -0.05) is 0 Å². The predicted octanol–water partition coefficient (Wildman–Crippen LogP) is 2.22. The molecule has 1 unspecified atom stereocenters. The van der Waals surface area contributed by atoms with Crippen molar-refractivity contribution in [3.05, 3.63) is 15.8 Å². The lowest BCUT2D eigenvalue weighted by atomic mass is 10.2. The quantitative estimate of drug-likeness (QED) is 0.838. The van der Waals surface area contributed by atoms with E-state index in [2.05, 4.69) is 6.92 Å². The lowest BCUT2D eigenvalue weighted by molar-refractivity contribution is 0.0721. The van der Waals surface area contributed by atoms with Crippen molar-refractivity contribution >= 4 is 34.7 Å². The van der Waals surface area contributed by atoms with Crippen molar-refractivity contribution in [1.29, 1.82) is 0 Å². The molecule has 2 heterocycles. The number of nitrogen functional groups attached to an aromatic ring is 1. The minimum absolute atomic E-state index is 0.137. The second-order valence-electron chi connectivity index (χ2n) is 4.04. The first-order valence-electron chi connectivity index (χ1n) is 5.34. The summed E-state index contributed by atoms with van der Waals surface area (Å²) in [4.78, 5) is 16.0. The van der Waals surface area contributed by atoms with Gasteiger partial charge >= 0.3 is 0 Å². The molecule has 1 atom stereocenters. The van der Waals surface area contributed by atoms with Gasteiger partial charge in [0, 0.05) is 34.7 Å². The van der Waals surface area contributed by atoms with E-state index in [1.165, 1.54) is 11.3 Å². The summed E-state index contributed by atoms with van der Waals surface area (Å²) in [5.41, 5.74) is 6.51. The summed E-state index contributed by atoms with van der Waals surface area (Å²) in [5, 5.41) is 0. The number of nitrogens with two attached hydrogens (primary N) is 1. The molecule has 0 spiro atoms. The highest BCUT2D eigenvalue weighted by molar-refractivity contribution is 7.99. The summed E-state index contributed by atoms with van der Waals surface area (Å²) in [7, 11) is 0. The van der Waals surface area contributed by atoms with Crippen LogP contribution in [-0.2, 0) is 0 Å². The Morgan fingerprint density at radius 1 is 1.62 bits per heavy atom. The Bertz CT molecular complexity index is 383. The van der Waals surface area contributed by atoms with E-state index in [9.17, 15) is 4.79 Å². The number of amides is 1. The maximum atomic E-state index is 12.2. The van der Waals surface area contributed by atoms with Crippen LogP contribution in [-0.4, -0.2) is 34.9 Å². The third-order valence-electron chi connectivity index (χ3n) is 2.80. The number of thiophene rings is 1.